The molecular weight excluding hydrogens is 164 g/mol. The molecule has 0 aliphatic heterocycles. The Bertz CT molecular complexity index is 238. The van der Waals surface area contributed by atoms with E-state index in [-0.39, 0.29) is 11.3 Å². The Labute approximate surface area is 79.6 Å². The van der Waals surface area contributed by atoms with Crippen LogP contribution in [0.1, 0.15) is 40.0 Å². The molecule has 74 valence electrons. The average Bonchev–Trinajstić information content (AvgIpc) is 2.10. The van der Waals surface area contributed by atoms with E-state index in [4.69, 9.17) is 5.11 Å². The van der Waals surface area contributed by atoms with Crippen LogP contribution in [0.4, 0.5) is 0 Å². The quantitative estimate of drug-likeness (QED) is 0.633. The lowest BCUT2D eigenvalue weighted by Gasteiger charge is -2.27. The van der Waals surface area contributed by atoms with Gasteiger partial charge in [0.1, 0.15) is 0 Å². The molecule has 0 saturated carbocycles. The van der Waals surface area contributed by atoms with Gasteiger partial charge in [-0.2, -0.15) is 0 Å². The lowest BCUT2D eigenvalue weighted by molar-refractivity contribution is -0.143. The van der Waals surface area contributed by atoms with Gasteiger partial charge in [-0.25, -0.2) is 0 Å². The predicted molar refractivity (Wildman–Crippen MR) is 52.5 cm³/mol. The van der Waals surface area contributed by atoms with E-state index in [9.17, 15) is 4.79 Å². The summed E-state index contributed by atoms with van der Waals surface area (Å²) in [6, 6.07) is 0. The minimum atomic E-state index is -0.689. The molecule has 2 nitrogen and oxygen atoms in total. The van der Waals surface area contributed by atoms with Crippen LogP contribution in [0.15, 0.2) is 11.6 Å². The van der Waals surface area contributed by atoms with Gasteiger partial charge in [0, 0.05) is 0 Å². The molecule has 0 amide bonds. The van der Waals surface area contributed by atoms with E-state index < -0.39 is 5.97 Å². The maximum atomic E-state index is 11.0. The summed E-state index contributed by atoms with van der Waals surface area (Å²) in [6.07, 6.45) is 5.08. The van der Waals surface area contributed by atoms with Gasteiger partial charge in [0.25, 0.3) is 0 Å². The number of hydrogen-bond acceptors (Lipinski definition) is 1. The molecular formula is C11H18O2. The SMILES string of the molecule is CC1=CC(C(=O)O)C(C)(C)CCC1. The first-order valence-electron chi connectivity index (χ1n) is 4.83. The molecule has 0 radical (unpaired) electrons. The smallest absolute Gasteiger partial charge is 0.310 e. The minimum Gasteiger partial charge on any atom is -0.481 e. The number of carboxylic acids is 1. The van der Waals surface area contributed by atoms with Gasteiger partial charge in [0.2, 0.25) is 0 Å². The molecule has 1 N–H and O–H groups in total. The maximum absolute atomic E-state index is 11.0. The summed E-state index contributed by atoms with van der Waals surface area (Å²) in [5.74, 6) is -0.999. The molecule has 1 aliphatic rings. The van der Waals surface area contributed by atoms with Crippen molar-refractivity contribution in [2.24, 2.45) is 11.3 Å². The molecule has 0 saturated heterocycles. The van der Waals surface area contributed by atoms with Crippen LogP contribution in [0, 0.1) is 11.3 Å². The summed E-state index contributed by atoms with van der Waals surface area (Å²) >= 11 is 0. The second kappa shape index (κ2) is 3.52. The number of aliphatic carboxylic acids is 1. The van der Waals surface area contributed by atoms with Gasteiger partial charge in [0.05, 0.1) is 5.92 Å². The van der Waals surface area contributed by atoms with Gasteiger partial charge in [-0.15, -0.1) is 0 Å². The number of carboxylic acid groups (broad SMARTS) is 1. The van der Waals surface area contributed by atoms with Crippen LogP contribution < -0.4 is 0 Å². The Balaban J connectivity index is 2.94. The Kier molecular flexibility index (Phi) is 2.79. The highest BCUT2D eigenvalue weighted by molar-refractivity contribution is 5.73. The van der Waals surface area contributed by atoms with E-state index in [1.54, 1.807) is 0 Å². The monoisotopic (exact) mass is 182 g/mol. The average molecular weight is 182 g/mol. The van der Waals surface area contributed by atoms with Gasteiger partial charge in [-0.3, -0.25) is 4.79 Å². The van der Waals surface area contributed by atoms with Crippen LogP contribution >= 0.6 is 0 Å². The molecule has 1 rings (SSSR count). The van der Waals surface area contributed by atoms with E-state index in [0.717, 1.165) is 19.3 Å². The van der Waals surface area contributed by atoms with E-state index in [0.29, 0.717) is 0 Å². The summed E-state index contributed by atoms with van der Waals surface area (Å²) in [5.41, 5.74) is 1.13. The third kappa shape index (κ3) is 2.33. The van der Waals surface area contributed by atoms with Crippen molar-refractivity contribution in [1.29, 1.82) is 0 Å². The number of rotatable bonds is 1. The fraction of sp³-hybridized carbons (Fsp3) is 0.727. The van der Waals surface area contributed by atoms with Crippen LogP contribution in [0.2, 0.25) is 0 Å². The van der Waals surface area contributed by atoms with Crippen molar-refractivity contribution in [2.75, 3.05) is 0 Å². The van der Waals surface area contributed by atoms with Crippen molar-refractivity contribution in [3.63, 3.8) is 0 Å². The molecule has 13 heavy (non-hydrogen) atoms. The first-order chi connectivity index (χ1) is 5.93. The molecule has 0 heterocycles. The summed E-state index contributed by atoms with van der Waals surface area (Å²) in [7, 11) is 0. The van der Waals surface area contributed by atoms with Crippen LogP contribution in [-0.2, 0) is 4.79 Å². The molecule has 0 spiro atoms. The molecule has 0 aromatic rings. The molecule has 0 aromatic heterocycles. The zero-order chi connectivity index (χ0) is 10.1. The van der Waals surface area contributed by atoms with E-state index in [1.807, 2.05) is 26.8 Å². The van der Waals surface area contributed by atoms with Gasteiger partial charge in [-0.1, -0.05) is 25.5 Å². The molecule has 1 atom stereocenters. The van der Waals surface area contributed by atoms with Crippen LogP contribution in [0.5, 0.6) is 0 Å². The highest BCUT2D eigenvalue weighted by atomic mass is 16.4. The first-order valence-corrected chi connectivity index (χ1v) is 4.83. The number of allylic oxidation sites excluding steroid dienone is 1. The Morgan fingerprint density at radius 2 is 2.23 bits per heavy atom. The van der Waals surface area contributed by atoms with E-state index in [1.165, 1.54) is 5.57 Å². The third-order valence-electron chi connectivity index (χ3n) is 2.95. The van der Waals surface area contributed by atoms with Crippen LogP contribution in [-0.4, -0.2) is 11.1 Å². The minimum absolute atomic E-state index is 0.0937. The molecule has 0 bridgehead atoms. The Hall–Kier alpha value is -0.790. The highest BCUT2D eigenvalue weighted by Gasteiger charge is 2.34. The second-order valence-corrected chi connectivity index (χ2v) is 4.67. The van der Waals surface area contributed by atoms with Crippen molar-refractivity contribution in [1.82, 2.24) is 0 Å². The number of hydrogen-bond donors (Lipinski definition) is 1. The van der Waals surface area contributed by atoms with Crippen LogP contribution in [0.25, 0.3) is 0 Å². The van der Waals surface area contributed by atoms with Crippen molar-refractivity contribution >= 4 is 5.97 Å². The Morgan fingerprint density at radius 3 is 2.77 bits per heavy atom. The fourth-order valence-corrected chi connectivity index (χ4v) is 1.98. The summed E-state index contributed by atoms with van der Waals surface area (Å²) in [5, 5.41) is 9.07. The molecule has 2 heteroatoms. The van der Waals surface area contributed by atoms with Crippen LogP contribution in [0.3, 0.4) is 0 Å². The third-order valence-corrected chi connectivity index (χ3v) is 2.95. The first kappa shape index (κ1) is 10.3. The molecule has 1 unspecified atom stereocenters. The lowest BCUT2D eigenvalue weighted by Crippen LogP contribution is -2.28. The zero-order valence-electron chi connectivity index (χ0n) is 8.63. The molecule has 0 fully saturated rings. The number of carbonyl (C=O) groups is 1. The lowest BCUT2D eigenvalue weighted by atomic mass is 9.76. The normalized spacial score (nSPS) is 27.6. The highest BCUT2D eigenvalue weighted by Crippen LogP contribution is 2.37. The largest absolute Gasteiger partial charge is 0.481 e. The van der Waals surface area contributed by atoms with Gasteiger partial charge in [-0.05, 0) is 31.6 Å². The molecule has 1 aliphatic carbocycles. The summed E-state index contributed by atoms with van der Waals surface area (Å²) < 4.78 is 0. The zero-order valence-corrected chi connectivity index (χ0v) is 8.63. The standard InChI is InChI=1S/C11H18O2/c1-8-5-4-6-11(2,3)9(7-8)10(12)13/h7,9H,4-6H2,1-3H3,(H,12,13). The van der Waals surface area contributed by atoms with E-state index in [2.05, 4.69) is 0 Å². The topological polar surface area (TPSA) is 37.3 Å². The van der Waals surface area contributed by atoms with Gasteiger partial charge in [0.15, 0.2) is 0 Å². The predicted octanol–water partition coefficient (Wildman–Crippen LogP) is 2.84. The van der Waals surface area contributed by atoms with Gasteiger partial charge >= 0.3 is 5.97 Å². The van der Waals surface area contributed by atoms with Crippen molar-refractivity contribution in [2.45, 2.75) is 40.0 Å². The van der Waals surface area contributed by atoms with Crippen molar-refractivity contribution in [3.8, 4) is 0 Å². The van der Waals surface area contributed by atoms with Crippen molar-refractivity contribution < 1.29 is 9.90 Å². The maximum Gasteiger partial charge on any atom is 0.310 e. The Morgan fingerprint density at radius 1 is 1.62 bits per heavy atom. The summed E-state index contributed by atoms with van der Waals surface area (Å²) in [6.45, 7) is 6.11. The summed E-state index contributed by atoms with van der Waals surface area (Å²) in [4.78, 5) is 11.0. The second-order valence-electron chi connectivity index (χ2n) is 4.67. The van der Waals surface area contributed by atoms with E-state index >= 15 is 0 Å². The van der Waals surface area contributed by atoms with Crippen molar-refractivity contribution in [3.05, 3.63) is 11.6 Å². The molecule has 0 aromatic carbocycles. The fourth-order valence-electron chi connectivity index (χ4n) is 1.98. The van der Waals surface area contributed by atoms with Gasteiger partial charge < -0.3 is 5.11 Å².